The van der Waals surface area contributed by atoms with E-state index in [4.69, 9.17) is 17.3 Å². The third-order valence-corrected chi connectivity index (χ3v) is 3.77. The molecule has 0 unspecified atom stereocenters. The fourth-order valence-corrected chi connectivity index (χ4v) is 2.58. The molecule has 0 aliphatic rings. The van der Waals surface area contributed by atoms with Gasteiger partial charge in [0.25, 0.3) is 0 Å². The molecule has 0 atom stereocenters. The van der Waals surface area contributed by atoms with Gasteiger partial charge in [-0.1, -0.05) is 54.1 Å². The second-order valence-electron chi connectivity index (χ2n) is 4.71. The first-order chi connectivity index (χ1) is 9.16. The van der Waals surface area contributed by atoms with Crippen molar-refractivity contribution in [3.63, 3.8) is 0 Å². The minimum atomic E-state index is 0.599. The maximum Gasteiger partial charge on any atom is 0.0635 e. The summed E-state index contributed by atoms with van der Waals surface area (Å²) in [7, 11) is 0. The van der Waals surface area contributed by atoms with Gasteiger partial charge < -0.3 is 5.73 Å². The van der Waals surface area contributed by atoms with Gasteiger partial charge in [0.05, 0.1) is 10.7 Å². The Morgan fingerprint density at radius 1 is 0.947 bits per heavy atom. The van der Waals surface area contributed by atoms with Crippen LogP contribution >= 0.6 is 11.6 Å². The fraction of sp³-hybridized carbons (Fsp3) is 0.0588. The second kappa shape index (κ2) is 4.60. The number of hydrogen-bond donors (Lipinski definition) is 1. The van der Waals surface area contributed by atoms with Crippen molar-refractivity contribution in [2.75, 3.05) is 5.73 Å². The molecule has 1 nitrogen and oxygen atoms in total. The molecule has 0 saturated carbocycles. The van der Waals surface area contributed by atoms with E-state index in [-0.39, 0.29) is 0 Å². The standard InChI is InChI=1S/C17H14ClN/c1-11-6-7-12-4-2-3-5-14(12)17(11)13-8-9-15(18)16(19)10-13/h2-10H,19H2,1H3. The Bertz CT molecular complexity index is 762. The Morgan fingerprint density at radius 3 is 2.53 bits per heavy atom. The van der Waals surface area contributed by atoms with Gasteiger partial charge in [0.2, 0.25) is 0 Å². The molecule has 0 aliphatic carbocycles. The van der Waals surface area contributed by atoms with Crippen molar-refractivity contribution in [2.45, 2.75) is 6.92 Å². The topological polar surface area (TPSA) is 26.0 Å². The van der Waals surface area contributed by atoms with Crippen molar-refractivity contribution in [3.8, 4) is 11.1 Å². The number of aryl methyl sites for hydroxylation is 1. The molecule has 0 radical (unpaired) electrons. The number of fused-ring (bicyclic) bond motifs is 1. The first kappa shape index (κ1) is 12.1. The molecule has 2 heteroatoms. The van der Waals surface area contributed by atoms with E-state index in [9.17, 15) is 0 Å². The second-order valence-corrected chi connectivity index (χ2v) is 5.12. The summed E-state index contributed by atoms with van der Waals surface area (Å²) >= 11 is 6.00. The fourth-order valence-electron chi connectivity index (χ4n) is 2.46. The van der Waals surface area contributed by atoms with Gasteiger partial charge in [-0.25, -0.2) is 0 Å². The van der Waals surface area contributed by atoms with E-state index >= 15 is 0 Å². The van der Waals surface area contributed by atoms with E-state index in [0.717, 1.165) is 5.56 Å². The monoisotopic (exact) mass is 267 g/mol. The van der Waals surface area contributed by atoms with Crippen molar-refractivity contribution >= 4 is 28.1 Å². The lowest BCUT2D eigenvalue weighted by molar-refractivity contribution is 1.49. The number of nitrogen functional groups attached to an aromatic ring is 1. The zero-order valence-electron chi connectivity index (χ0n) is 10.7. The number of anilines is 1. The molecular formula is C17H14ClN. The highest BCUT2D eigenvalue weighted by Crippen LogP contribution is 2.34. The Labute approximate surface area is 117 Å². The third kappa shape index (κ3) is 2.06. The van der Waals surface area contributed by atoms with Gasteiger partial charge in [-0.2, -0.15) is 0 Å². The zero-order chi connectivity index (χ0) is 13.4. The van der Waals surface area contributed by atoms with Crippen LogP contribution in [0.1, 0.15) is 5.56 Å². The van der Waals surface area contributed by atoms with Crippen LogP contribution in [0, 0.1) is 6.92 Å². The molecule has 3 rings (SSSR count). The molecule has 0 aromatic heterocycles. The maximum atomic E-state index is 6.00. The molecule has 0 aliphatic heterocycles. The van der Waals surface area contributed by atoms with Crippen molar-refractivity contribution in [2.24, 2.45) is 0 Å². The van der Waals surface area contributed by atoms with Crippen LogP contribution in [0.25, 0.3) is 21.9 Å². The summed E-state index contributed by atoms with van der Waals surface area (Å²) in [5.74, 6) is 0. The minimum Gasteiger partial charge on any atom is -0.398 e. The maximum absolute atomic E-state index is 6.00. The first-order valence-corrected chi connectivity index (χ1v) is 6.58. The van der Waals surface area contributed by atoms with Crippen molar-refractivity contribution in [1.82, 2.24) is 0 Å². The van der Waals surface area contributed by atoms with Crippen LogP contribution in [0.2, 0.25) is 5.02 Å². The molecule has 3 aromatic carbocycles. The predicted octanol–water partition coefficient (Wildman–Crippen LogP) is 5.05. The summed E-state index contributed by atoms with van der Waals surface area (Å²) in [6, 6.07) is 18.5. The normalized spacial score (nSPS) is 10.8. The van der Waals surface area contributed by atoms with E-state index in [0.29, 0.717) is 10.7 Å². The van der Waals surface area contributed by atoms with E-state index in [1.165, 1.54) is 21.9 Å². The van der Waals surface area contributed by atoms with Gasteiger partial charge in [0, 0.05) is 0 Å². The summed E-state index contributed by atoms with van der Waals surface area (Å²) in [4.78, 5) is 0. The Kier molecular flexibility index (Phi) is 2.92. The largest absolute Gasteiger partial charge is 0.398 e. The summed E-state index contributed by atoms with van der Waals surface area (Å²) in [5, 5.41) is 3.07. The van der Waals surface area contributed by atoms with Crippen LogP contribution in [0.5, 0.6) is 0 Å². The van der Waals surface area contributed by atoms with Gasteiger partial charge >= 0.3 is 0 Å². The molecule has 0 bridgehead atoms. The van der Waals surface area contributed by atoms with Crippen LogP contribution in [0.4, 0.5) is 5.69 Å². The summed E-state index contributed by atoms with van der Waals surface area (Å²) < 4.78 is 0. The van der Waals surface area contributed by atoms with E-state index in [2.05, 4.69) is 43.3 Å². The van der Waals surface area contributed by atoms with Gasteiger partial charge in [0.15, 0.2) is 0 Å². The number of halogens is 1. The predicted molar refractivity (Wildman–Crippen MR) is 83.5 cm³/mol. The highest BCUT2D eigenvalue weighted by atomic mass is 35.5. The van der Waals surface area contributed by atoms with Crippen molar-refractivity contribution < 1.29 is 0 Å². The molecule has 3 aromatic rings. The Morgan fingerprint density at radius 2 is 1.74 bits per heavy atom. The SMILES string of the molecule is Cc1ccc2ccccc2c1-c1ccc(Cl)c(N)c1. The molecule has 0 fully saturated rings. The zero-order valence-corrected chi connectivity index (χ0v) is 11.4. The summed E-state index contributed by atoms with van der Waals surface area (Å²) in [5.41, 5.74) is 10.1. The number of hydrogen-bond acceptors (Lipinski definition) is 1. The van der Waals surface area contributed by atoms with E-state index < -0.39 is 0 Å². The molecule has 2 N–H and O–H groups in total. The molecule has 0 amide bonds. The molecule has 0 spiro atoms. The van der Waals surface area contributed by atoms with Crippen molar-refractivity contribution in [1.29, 1.82) is 0 Å². The van der Waals surface area contributed by atoms with Gasteiger partial charge in [0.1, 0.15) is 0 Å². The quantitative estimate of drug-likeness (QED) is 0.614. The minimum absolute atomic E-state index is 0.599. The average Bonchev–Trinajstić information content (AvgIpc) is 2.42. The summed E-state index contributed by atoms with van der Waals surface area (Å²) in [6.07, 6.45) is 0. The highest BCUT2D eigenvalue weighted by Gasteiger charge is 2.08. The van der Waals surface area contributed by atoms with E-state index in [1.807, 2.05) is 18.2 Å². The number of rotatable bonds is 1. The molecule has 0 heterocycles. The van der Waals surface area contributed by atoms with Crippen molar-refractivity contribution in [3.05, 3.63) is 65.2 Å². The van der Waals surface area contributed by atoms with Gasteiger partial charge in [-0.15, -0.1) is 0 Å². The smallest absolute Gasteiger partial charge is 0.0635 e. The molecule has 19 heavy (non-hydrogen) atoms. The highest BCUT2D eigenvalue weighted by molar-refractivity contribution is 6.33. The van der Waals surface area contributed by atoms with Crippen LogP contribution < -0.4 is 5.73 Å². The molecular weight excluding hydrogens is 254 g/mol. The number of nitrogens with two attached hydrogens (primary N) is 1. The average molecular weight is 268 g/mol. The molecule has 0 saturated heterocycles. The Hall–Kier alpha value is -1.99. The van der Waals surface area contributed by atoms with Crippen LogP contribution in [-0.4, -0.2) is 0 Å². The lowest BCUT2D eigenvalue weighted by Gasteiger charge is -2.11. The first-order valence-electron chi connectivity index (χ1n) is 6.20. The Balaban J connectivity index is 2.34. The third-order valence-electron chi connectivity index (χ3n) is 3.42. The lowest BCUT2D eigenvalue weighted by Crippen LogP contribution is -1.90. The van der Waals surface area contributed by atoms with Crippen LogP contribution in [-0.2, 0) is 0 Å². The molecule has 94 valence electrons. The van der Waals surface area contributed by atoms with Gasteiger partial charge in [-0.05, 0) is 46.5 Å². The van der Waals surface area contributed by atoms with Crippen LogP contribution in [0.3, 0.4) is 0 Å². The summed E-state index contributed by atoms with van der Waals surface area (Å²) in [6.45, 7) is 2.12. The van der Waals surface area contributed by atoms with Crippen LogP contribution in [0.15, 0.2) is 54.6 Å². The number of benzene rings is 3. The lowest BCUT2D eigenvalue weighted by atomic mass is 9.94. The van der Waals surface area contributed by atoms with Gasteiger partial charge in [-0.3, -0.25) is 0 Å². The van der Waals surface area contributed by atoms with E-state index in [1.54, 1.807) is 0 Å².